The zero-order valence-electron chi connectivity index (χ0n) is 8.33. The van der Waals surface area contributed by atoms with Crippen LogP contribution < -0.4 is 0 Å². The van der Waals surface area contributed by atoms with Gasteiger partial charge < -0.3 is 9.88 Å². The molecule has 2 rings (SSSR count). The number of piperazine rings is 1. The summed E-state index contributed by atoms with van der Waals surface area (Å²) in [5.74, 6) is 1.04. The van der Waals surface area contributed by atoms with Crippen molar-refractivity contribution < 1.29 is 0 Å². The van der Waals surface area contributed by atoms with E-state index in [4.69, 9.17) is 0 Å². The number of H-pyrrole nitrogens is 1. The minimum Gasteiger partial charge on any atom is -0.336 e. The van der Waals surface area contributed by atoms with Crippen molar-refractivity contribution in [2.75, 3.05) is 33.2 Å². The maximum absolute atomic E-state index is 4.27. The second-order valence-electron chi connectivity index (χ2n) is 3.76. The number of nitrogens with zero attached hydrogens (tertiary/aromatic N) is 3. The van der Waals surface area contributed by atoms with Crippen molar-refractivity contribution in [3.63, 3.8) is 0 Å². The van der Waals surface area contributed by atoms with Gasteiger partial charge in [-0.25, -0.2) is 4.98 Å². The monoisotopic (exact) mass is 258 g/mol. The Balaban J connectivity index is 1.86. The van der Waals surface area contributed by atoms with Crippen LogP contribution in [-0.4, -0.2) is 53.0 Å². The molecular weight excluding hydrogens is 244 g/mol. The Kier molecular flexibility index (Phi) is 3.20. The predicted molar refractivity (Wildman–Crippen MR) is 59.1 cm³/mol. The zero-order valence-corrected chi connectivity index (χ0v) is 9.92. The van der Waals surface area contributed by atoms with Gasteiger partial charge >= 0.3 is 0 Å². The highest BCUT2D eigenvalue weighted by molar-refractivity contribution is 9.10. The molecule has 0 spiro atoms. The van der Waals surface area contributed by atoms with Crippen LogP contribution in [0.15, 0.2) is 10.8 Å². The molecule has 1 aliphatic heterocycles. The van der Waals surface area contributed by atoms with E-state index in [0.717, 1.165) is 43.2 Å². The smallest absolute Gasteiger partial charge is 0.121 e. The molecule has 2 heterocycles. The molecule has 1 saturated heterocycles. The number of halogens is 1. The van der Waals surface area contributed by atoms with Crippen LogP contribution in [0.1, 0.15) is 5.82 Å². The second kappa shape index (κ2) is 4.42. The molecule has 1 N–H and O–H groups in total. The van der Waals surface area contributed by atoms with Gasteiger partial charge in [0.15, 0.2) is 0 Å². The van der Waals surface area contributed by atoms with Crippen molar-refractivity contribution in [3.8, 4) is 0 Å². The summed E-state index contributed by atoms with van der Waals surface area (Å²) in [7, 11) is 2.17. The maximum atomic E-state index is 4.27. The highest BCUT2D eigenvalue weighted by Crippen LogP contribution is 2.08. The summed E-state index contributed by atoms with van der Waals surface area (Å²) in [5.41, 5.74) is 0. The number of likely N-dealkylation sites (N-methyl/N-ethyl adjacent to an activating group) is 1. The van der Waals surface area contributed by atoms with Gasteiger partial charge in [-0.05, 0) is 23.0 Å². The fourth-order valence-corrected chi connectivity index (χ4v) is 1.97. The van der Waals surface area contributed by atoms with E-state index < -0.39 is 0 Å². The third-order valence-corrected chi connectivity index (χ3v) is 2.97. The second-order valence-corrected chi connectivity index (χ2v) is 4.61. The quantitative estimate of drug-likeness (QED) is 0.857. The van der Waals surface area contributed by atoms with Gasteiger partial charge in [-0.3, -0.25) is 4.90 Å². The fraction of sp³-hybridized carbons (Fsp3) is 0.667. The Hall–Kier alpha value is -0.390. The molecule has 1 aromatic rings. The molecular formula is C9H15BrN4. The van der Waals surface area contributed by atoms with Crippen LogP contribution in [0, 0.1) is 0 Å². The Morgan fingerprint density at radius 1 is 1.43 bits per heavy atom. The zero-order chi connectivity index (χ0) is 9.97. The predicted octanol–water partition coefficient (Wildman–Crippen LogP) is 0.920. The molecule has 4 nitrogen and oxygen atoms in total. The van der Waals surface area contributed by atoms with Gasteiger partial charge in [-0.15, -0.1) is 0 Å². The number of aromatic nitrogens is 2. The molecule has 0 radical (unpaired) electrons. The van der Waals surface area contributed by atoms with E-state index in [1.165, 1.54) is 0 Å². The number of rotatable bonds is 2. The summed E-state index contributed by atoms with van der Waals surface area (Å²) in [6.07, 6.45) is 1.81. The van der Waals surface area contributed by atoms with Crippen LogP contribution in [0.4, 0.5) is 0 Å². The SMILES string of the molecule is CN1CCN(Cc2ncc(Br)[nH]2)CC1. The van der Waals surface area contributed by atoms with Crippen molar-refractivity contribution in [1.29, 1.82) is 0 Å². The first-order chi connectivity index (χ1) is 6.74. The molecule has 0 amide bonds. The molecule has 0 saturated carbocycles. The molecule has 0 atom stereocenters. The van der Waals surface area contributed by atoms with E-state index in [0.29, 0.717) is 0 Å². The third-order valence-electron chi connectivity index (χ3n) is 2.57. The summed E-state index contributed by atoms with van der Waals surface area (Å²) in [6.45, 7) is 5.51. The summed E-state index contributed by atoms with van der Waals surface area (Å²) >= 11 is 3.36. The van der Waals surface area contributed by atoms with Crippen LogP contribution in [0.5, 0.6) is 0 Å². The molecule has 0 unspecified atom stereocenters. The molecule has 0 aromatic carbocycles. The number of aromatic amines is 1. The van der Waals surface area contributed by atoms with Crippen molar-refractivity contribution in [2.24, 2.45) is 0 Å². The van der Waals surface area contributed by atoms with E-state index in [2.05, 4.69) is 42.7 Å². The normalized spacial score (nSPS) is 20.1. The molecule has 1 aromatic heterocycles. The van der Waals surface area contributed by atoms with E-state index in [-0.39, 0.29) is 0 Å². The van der Waals surface area contributed by atoms with Crippen LogP contribution in [0.2, 0.25) is 0 Å². The van der Waals surface area contributed by atoms with E-state index in [1.807, 2.05) is 6.20 Å². The van der Waals surface area contributed by atoms with Gasteiger partial charge in [0.1, 0.15) is 10.4 Å². The Morgan fingerprint density at radius 3 is 2.71 bits per heavy atom. The molecule has 78 valence electrons. The van der Waals surface area contributed by atoms with Crippen LogP contribution in [0.3, 0.4) is 0 Å². The number of hydrogen-bond acceptors (Lipinski definition) is 3. The summed E-state index contributed by atoms with van der Waals surface area (Å²) in [4.78, 5) is 12.2. The summed E-state index contributed by atoms with van der Waals surface area (Å²) in [6, 6.07) is 0. The first-order valence-corrected chi connectivity index (χ1v) is 5.63. The first kappa shape index (κ1) is 10.1. The molecule has 0 bridgehead atoms. The number of nitrogens with one attached hydrogen (secondary N) is 1. The van der Waals surface area contributed by atoms with Crippen LogP contribution >= 0.6 is 15.9 Å². The lowest BCUT2D eigenvalue weighted by Gasteiger charge is -2.31. The average molecular weight is 259 g/mol. The van der Waals surface area contributed by atoms with Crippen LogP contribution in [0.25, 0.3) is 0 Å². The Morgan fingerprint density at radius 2 is 2.14 bits per heavy atom. The van der Waals surface area contributed by atoms with E-state index in [1.54, 1.807) is 0 Å². The highest BCUT2D eigenvalue weighted by Gasteiger charge is 2.14. The van der Waals surface area contributed by atoms with Gasteiger partial charge in [0.05, 0.1) is 12.7 Å². The van der Waals surface area contributed by atoms with Gasteiger partial charge in [-0.1, -0.05) is 0 Å². The lowest BCUT2D eigenvalue weighted by molar-refractivity contribution is 0.145. The van der Waals surface area contributed by atoms with Crippen molar-refractivity contribution in [1.82, 2.24) is 19.8 Å². The van der Waals surface area contributed by atoms with Crippen molar-refractivity contribution in [3.05, 3.63) is 16.6 Å². The standard InChI is InChI=1S/C9H15BrN4/c1-13-2-4-14(5-3-13)7-9-11-6-8(10)12-9/h6H,2-5,7H2,1H3,(H,11,12). The van der Waals surface area contributed by atoms with Gasteiger partial charge in [0.25, 0.3) is 0 Å². The molecule has 1 fully saturated rings. The van der Waals surface area contributed by atoms with E-state index in [9.17, 15) is 0 Å². The molecule has 14 heavy (non-hydrogen) atoms. The number of imidazole rings is 1. The van der Waals surface area contributed by atoms with Gasteiger partial charge in [0, 0.05) is 26.2 Å². The first-order valence-electron chi connectivity index (χ1n) is 4.84. The van der Waals surface area contributed by atoms with Gasteiger partial charge in [-0.2, -0.15) is 0 Å². The lowest BCUT2D eigenvalue weighted by atomic mass is 10.3. The van der Waals surface area contributed by atoms with Gasteiger partial charge in [0.2, 0.25) is 0 Å². The molecule has 1 aliphatic rings. The van der Waals surface area contributed by atoms with Crippen molar-refractivity contribution >= 4 is 15.9 Å². The summed E-state index contributed by atoms with van der Waals surface area (Å²) in [5, 5.41) is 0. The topological polar surface area (TPSA) is 35.2 Å². The largest absolute Gasteiger partial charge is 0.336 e. The summed E-state index contributed by atoms with van der Waals surface area (Å²) < 4.78 is 0.960. The Labute approximate surface area is 92.4 Å². The maximum Gasteiger partial charge on any atom is 0.121 e. The lowest BCUT2D eigenvalue weighted by Crippen LogP contribution is -2.44. The molecule has 0 aliphatic carbocycles. The molecule has 5 heteroatoms. The number of hydrogen-bond donors (Lipinski definition) is 1. The average Bonchev–Trinajstić information content (AvgIpc) is 2.56. The fourth-order valence-electron chi connectivity index (χ4n) is 1.64. The minimum absolute atomic E-state index is 0.930. The van der Waals surface area contributed by atoms with Crippen LogP contribution in [-0.2, 0) is 6.54 Å². The van der Waals surface area contributed by atoms with E-state index >= 15 is 0 Å². The van der Waals surface area contributed by atoms with Crippen molar-refractivity contribution in [2.45, 2.75) is 6.54 Å². The minimum atomic E-state index is 0.930. The highest BCUT2D eigenvalue weighted by atomic mass is 79.9. The third kappa shape index (κ3) is 2.56. The Bertz CT molecular complexity index is 291.